The van der Waals surface area contributed by atoms with Crippen LogP contribution in [-0.4, -0.2) is 140 Å². The molecule has 0 aromatic rings. The fourth-order valence-electron chi connectivity index (χ4n) is 9.14. The minimum atomic E-state index is -1.78. The Kier molecular flexibility index (Phi) is 37.7. The molecule has 2 fully saturated rings. The molecular weight excluding hydrogens is 871 g/mol. The number of nitrogens with one attached hydrogen (secondary N) is 1. The molecule has 2 rings (SSSR count). The van der Waals surface area contributed by atoms with Crippen LogP contribution in [0.3, 0.4) is 0 Å². The van der Waals surface area contributed by atoms with Crippen molar-refractivity contribution in [2.24, 2.45) is 0 Å². The van der Waals surface area contributed by atoms with E-state index in [1.807, 2.05) is 0 Å². The Bertz CT molecular complexity index is 1240. The van der Waals surface area contributed by atoms with Gasteiger partial charge in [-0.3, -0.25) is 4.79 Å². The molecule has 0 bridgehead atoms. The van der Waals surface area contributed by atoms with Crippen molar-refractivity contribution in [1.82, 2.24) is 5.32 Å². The predicted octanol–water partition coefficient (Wildman–Crippen LogP) is 8.11. The third-order valence-electron chi connectivity index (χ3n) is 13.7. The third kappa shape index (κ3) is 27.3. The summed E-state index contributed by atoms with van der Waals surface area (Å²) in [6, 6.07) is -0.834. The summed E-state index contributed by atoms with van der Waals surface area (Å²) in [5.41, 5.74) is 0. The van der Waals surface area contributed by atoms with Crippen LogP contribution >= 0.6 is 0 Å². The van der Waals surface area contributed by atoms with E-state index in [1.165, 1.54) is 116 Å². The quantitative estimate of drug-likeness (QED) is 0.0208. The second kappa shape index (κ2) is 41.0. The first kappa shape index (κ1) is 62.6. The van der Waals surface area contributed by atoms with Crippen LogP contribution in [0.25, 0.3) is 0 Å². The van der Waals surface area contributed by atoms with Gasteiger partial charge in [-0.2, -0.15) is 0 Å². The fourth-order valence-corrected chi connectivity index (χ4v) is 9.14. The number of rotatable bonds is 43. The number of aliphatic hydroxyl groups is 8. The van der Waals surface area contributed by atoms with Gasteiger partial charge >= 0.3 is 0 Å². The average molecular weight is 972 g/mol. The van der Waals surface area contributed by atoms with Gasteiger partial charge < -0.3 is 65.1 Å². The molecule has 0 aromatic carbocycles. The van der Waals surface area contributed by atoms with Gasteiger partial charge in [0.25, 0.3) is 0 Å². The molecule has 14 nitrogen and oxygen atoms in total. The van der Waals surface area contributed by atoms with Crippen LogP contribution in [0, 0.1) is 0 Å². The van der Waals surface area contributed by atoms with Crippen molar-refractivity contribution >= 4 is 5.91 Å². The average Bonchev–Trinajstić information content (AvgIpc) is 3.34. The van der Waals surface area contributed by atoms with Crippen molar-refractivity contribution in [2.45, 2.75) is 293 Å². The van der Waals surface area contributed by atoms with Crippen molar-refractivity contribution in [3.63, 3.8) is 0 Å². The number of carbonyl (C=O) groups excluding carboxylic acids is 1. The molecule has 9 N–H and O–H groups in total. The molecule has 0 radical (unpaired) electrons. The highest BCUT2D eigenvalue weighted by atomic mass is 16.7. The van der Waals surface area contributed by atoms with Gasteiger partial charge in [-0.25, -0.2) is 0 Å². The zero-order valence-electron chi connectivity index (χ0n) is 42.6. The summed E-state index contributed by atoms with van der Waals surface area (Å²) in [6.07, 6.45) is 28.9. The van der Waals surface area contributed by atoms with Gasteiger partial charge in [0.2, 0.25) is 5.91 Å². The maximum absolute atomic E-state index is 13.2. The Balaban J connectivity index is 1.79. The number of aliphatic hydroxyl groups excluding tert-OH is 8. The van der Waals surface area contributed by atoms with Crippen LogP contribution in [0.15, 0.2) is 24.3 Å². The lowest BCUT2D eigenvalue weighted by Gasteiger charge is -2.46. The summed E-state index contributed by atoms with van der Waals surface area (Å²) in [5.74, 6) is -0.220. The van der Waals surface area contributed by atoms with Crippen LogP contribution in [0.4, 0.5) is 0 Å². The van der Waals surface area contributed by atoms with Gasteiger partial charge in [-0.05, 0) is 38.5 Å². The highest BCUT2D eigenvalue weighted by molar-refractivity contribution is 5.76. The maximum atomic E-state index is 13.2. The topological polar surface area (TPSA) is 228 Å². The second-order valence-electron chi connectivity index (χ2n) is 19.7. The van der Waals surface area contributed by atoms with E-state index in [1.54, 1.807) is 0 Å². The number of amides is 1. The van der Waals surface area contributed by atoms with E-state index in [0.29, 0.717) is 12.8 Å². The first-order chi connectivity index (χ1) is 33.1. The second-order valence-corrected chi connectivity index (χ2v) is 19.7. The molecule has 2 saturated heterocycles. The van der Waals surface area contributed by atoms with Crippen LogP contribution < -0.4 is 5.32 Å². The number of hydrogen-bond acceptors (Lipinski definition) is 13. The highest BCUT2D eigenvalue weighted by Gasteiger charge is 2.51. The molecule has 2 aliphatic heterocycles. The monoisotopic (exact) mass is 972 g/mol. The zero-order valence-corrected chi connectivity index (χ0v) is 42.6. The van der Waals surface area contributed by atoms with Gasteiger partial charge in [-0.1, -0.05) is 199 Å². The Morgan fingerprint density at radius 1 is 0.529 bits per heavy atom. The van der Waals surface area contributed by atoms with E-state index in [9.17, 15) is 45.6 Å². The molecule has 0 aliphatic carbocycles. The lowest BCUT2D eigenvalue weighted by molar-refractivity contribution is -0.359. The van der Waals surface area contributed by atoms with E-state index in [2.05, 4.69) is 43.5 Å². The number of ether oxygens (including phenoxy) is 4. The smallest absolute Gasteiger partial charge is 0.220 e. The van der Waals surface area contributed by atoms with Crippen molar-refractivity contribution in [2.75, 3.05) is 19.8 Å². The Morgan fingerprint density at radius 3 is 1.51 bits per heavy atom. The van der Waals surface area contributed by atoms with Gasteiger partial charge in [0.1, 0.15) is 48.8 Å². The number of allylic oxidation sites excluding steroid dienone is 4. The van der Waals surface area contributed by atoms with E-state index in [4.69, 9.17) is 18.9 Å². The number of carbonyl (C=O) groups is 1. The Morgan fingerprint density at radius 2 is 0.985 bits per heavy atom. The number of unbranched alkanes of at least 4 members (excludes halogenated alkanes) is 26. The summed E-state index contributed by atoms with van der Waals surface area (Å²) < 4.78 is 22.8. The zero-order chi connectivity index (χ0) is 49.6. The van der Waals surface area contributed by atoms with Crippen LogP contribution in [0.1, 0.15) is 219 Å². The minimum Gasteiger partial charge on any atom is -0.394 e. The first-order valence-corrected chi connectivity index (χ1v) is 27.6. The van der Waals surface area contributed by atoms with E-state index in [-0.39, 0.29) is 18.9 Å². The molecule has 2 aliphatic rings. The van der Waals surface area contributed by atoms with Crippen LogP contribution in [0.5, 0.6) is 0 Å². The third-order valence-corrected chi connectivity index (χ3v) is 13.7. The van der Waals surface area contributed by atoms with Crippen molar-refractivity contribution in [3.05, 3.63) is 24.3 Å². The van der Waals surface area contributed by atoms with Crippen molar-refractivity contribution in [3.8, 4) is 0 Å². The molecule has 12 unspecified atom stereocenters. The minimum absolute atomic E-state index is 0.220. The Labute approximate surface area is 411 Å². The molecule has 400 valence electrons. The predicted molar refractivity (Wildman–Crippen MR) is 268 cm³/mol. The summed E-state index contributed by atoms with van der Waals surface area (Å²) in [4.78, 5) is 13.2. The van der Waals surface area contributed by atoms with Gasteiger partial charge in [0, 0.05) is 6.42 Å². The van der Waals surface area contributed by atoms with E-state index in [0.717, 1.165) is 70.6 Å². The molecule has 1 amide bonds. The molecule has 68 heavy (non-hydrogen) atoms. The van der Waals surface area contributed by atoms with E-state index >= 15 is 0 Å². The molecule has 0 aromatic heterocycles. The molecule has 2 heterocycles. The van der Waals surface area contributed by atoms with Gasteiger partial charge in [0.05, 0.1) is 32.0 Å². The SMILES string of the molecule is CCCC/C=C\C/C=C\CCCCCCCC(=O)NC(COC1OC(CO)C(OC2OC(CO)C(O)C(O)C2O)C(O)C1O)C(O)CCCCCCCCCCCCCCCCCCCCCC. The van der Waals surface area contributed by atoms with Gasteiger partial charge in [-0.15, -0.1) is 0 Å². The standard InChI is InChI=1S/C54H101NO13/c1-3-5-7-9-11-13-15-17-19-20-21-22-23-24-25-27-29-31-33-35-37-43(58)42(55-46(59)38-36-34-32-30-28-26-18-16-14-12-10-8-6-4-2)41-65-53-51(64)49(62)52(45(40-57)67-53)68-54-50(63)48(61)47(60)44(39-56)66-54/h10,12,16,18,42-45,47-54,56-58,60-64H,3-9,11,13-15,17,19-41H2,1-2H3,(H,55,59)/b12-10-,18-16-. The van der Waals surface area contributed by atoms with E-state index < -0.39 is 86.8 Å². The van der Waals surface area contributed by atoms with Crippen LogP contribution in [0.2, 0.25) is 0 Å². The van der Waals surface area contributed by atoms with Gasteiger partial charge in [0.15, 0.2) is 12.6 Å². The lowest BCUT2D eigenvalue weighted by Crippen LogP contribution is -2.65. The van der Waals surface area contributed by atoms with Crippen LogP contribution in [-0.2, 0) is 23.7 Å². The fraction of sp³-hybridized carbons (Fsp3) is 0.907. The number of hydrogen-bond donors (Lipinski definition) is 9. The largest absolute Gasteiger partial charge is 0.394 e. The summed E-state index contributed by atoms with van der Waals surface area (Å²) >= 11 is 0. The molecule has 0 saturated carbocycles. The summed E-state index contributed by atoms with van der Waals surface area (Å²) in [7, 11) is 0. The first-order valence-electron chi connectivity index (χ1n) is 27.6. The molecular formula is C54H101NO13. The lowest BCUT2D eigenvalue weighted by atomic mass is 9.97. The van der Waals surface area contributed by atoms with Crippen molar-refractivity contribution in [1.29, 1.82) is 0 Å². The highest BCUT2D eigenvalue weighted by Crippen LogP contribution is 2.30. The van der Waals surface area contributed by atoms with Crippen molar-refractivity contribution < 1.29 is 64.6 Å². The summed E-state index contributed by atoms with van der Waals surface area (Å²) in [5, 5.41) is 87.0. The Hall–Kier alpha value is -1.53. The molecule has 14 heteroatoms. The molecule has 12 atom stereocenters. The maximum Gasteiger partial charge on any atom is 0.220 e. The molecule has 0 spiro atoms. The summed E-state index contributed by atoms with van der Waals surface area (Å²) in [6.45, 7) is 2.81. The normalized spacial score (nSPS) is 26.5.